The lowest BCUT2D eigenvalue weighted by Gasteiger charge is -2.10. The fourth-order valence-corrected chi connectivity index (χ4v) is 2.13. The molecule has 0 bridgehead atoms. The minimum atomic E-state index is -0.744. The highest BCUT2D eigenvalue weighted by molar-refractivity contribution is 5.96. The maximum Gasteiger partial charge on any atom is 0.136 e. The van der Waals surface area contributed by atoms with Gasteiger partial charge in [0.15, 0.2) is 0 Å². The standard InChI is InChI=1S/C14H10F2N4.ClH/c15-9-6-10(16)12(13-7(9)2-1-5-19-13)8-3-4-11(17)20-14(8)18;/h1-6H,(H4,17,18,20);1H. The summed E-state index contributed by atoms with van der Waals surface area (Å²) < 4.78 is 27.9. The van der Waals surface area contributed by atoms with Gasteiger partial charge in [0.2, 0.25) is 0 Å². The van der Waals surface area contributed by atoms with E-state index in [1.165, 1.54) is 18.3 Å². The summed E-state index contributed by atoms with van der Waals surface area (Å²) in [5.41, 5.74) is 11.9. The first-order valence-corrected chi connectivity index (χ1v) is 5.83. The molecule has 2 aromatic heterocycles. The summed E-state index contributed by atoms with van der Waals surface area (Å²) >= 11 is 0. The molecule has 0 saturated carbocycles. The third-order valence-corrected chi connectivity index (χ3v) is 3.01. The summed E-state index contributed by atoms with van der Waals surface area (Å²) in [5, 5.41) is 0.222. The summed E-state index contributed by atoms with van der Waals surface area (Å²) in [5.74, 6) is -1.11. The molecule has 0 aliphatic heterocycles. The van der Waals surface area contributed by atoms with Crippen LogP contribution >= 0.6 is 12.4 Å². The summed E-state index contributed by atoms with van der Waals surface area (Å²) in [6.07, 6.45) is 1.46. The van der Waals surface area contributed by atoms with Crippen molar-refractivity contribution < 1.29 is 8.78 Å². The summed E-state index contributed by atoms with van der Waals surface area (Å²) in [7, 11) is 0. The summed E-state index contributed by atoms with van der Waals surface area (Å²) in [4.78, 5) is 7.94. The lowest BCUT2D eigenvalue weighted by Crippen LogP contribution is -2.01. The number of hydrogen-bond acceptors (Lipinski definition) is 4. The number of nitrogens with zero attached hydrogens (tertiary/aromatic N) is 2. The Bertz CT molecular complexity index is 823. The number of anilines is 2. The zero-order chi connectivity index (χ0) is 14.3. The van der Waals surface area contributed by atoms with E-state index in [4.69, 9.17) is 11.5 Å². The lowest BCUT2D eigenvalue weighted by molar-refractivity contribution is 0.594. The number of rotatable bonds is 1. The Labute approximate surface area is 125 Å². The zero-order valence-corrected chi connectivity index (χ0v) is 11.5. The van der Waals surface area contributed by atoms with Crippen molar-refractivity contribution in [1.29, 1.82) is 0 Å². The van der Waals surface area contributed by atoms with Crippen molar-refractivity contribution in [2.24, 2.45) is 0 Å². The van der Waals surface area contributed by atoms with E-state index in [-0.39, 0.29) is 40.5 Å². The number of pyridine rings is 2. The van der Waals surface area contributed by atoms with Crippen molar-refractivity contribution in [1.82, 2.24) is 9.97 Å². The predicted molar refractivity (Wildman–Crippen MR) is 81.0 cm³/mol. The molecule has 0 radical (unpaired) electrons. The minimum absolute atomic E-state index is 0. The molecule has 4 nitrogen and oxygen atoms in total. The second-order valence-electron chi connectivity index (χ2n) is 4.28. The summed E-state index contributed by atoms with van der Waals surface area (Å²) in [6.45, 7) is 0. The molecule has 0 fully saturated rings. The molecule has 3 rings (SSSR count). The first-order chi connectivity index (χ1) is 9.58. The highest BCUT2D eigenvalue weighted by atomic mass is 35.5. The van der Waals surface area contributed by atoms with Gasteiger partial charge in [0, 0.05) is 28.8 Å². The Balaban J connectivity index is 0.00000161. The van der Waals surface area contributed by atoms with Gasteiger partial charge in [0.05, 0.1) is 5.52 Å². The van der Waals surface area contributed by atoms with E-state index in [1.807, 2.05) is 0 Å². The van der Waals surface area contributed by atoms with Crippen molar-refractivity contribution in [3.63, 3.8) is 0 Å². The molecule has 1 aromatic carbocycles. The molecule has 0 saturated heterocycles. The quantitative estimate of drug-likeness (QED) is 0.724. The third kappa shape index (κ3) is 2.45. The highest BCUT2D eigenvalue weighted by Gasteiger charge is 2.17. The van der Waals surface area contributed by atoms with Crippen LogP contribution in [0.5, 0.6) is 0 Å². The average Bonchev–Trinajstić information content (AvgIpc) is 2.41. The number of nitrogen functional groups attached to an aromatic ring is 2. The van der Waals surface area contributed by atoms with Gasteiger partial charge in [-0.2, -0.15) is 0 Å². The fourth-order valence-electron chi connectivity index (χ4n) is 2.13. The molecule has 108 valence electrons. The second-order valence-corrected chi connectivity index (χ2v) is 4.28. The van der Waals surface area contributed by atoms with Crippen LogP contribution in [0.25, 0.3) is 22.0 Å². The average molecular weight is 309 g/mol. The van der Waals surface area contributed by atoms with Crippen molar-refractivity contribution in [3.8, 4) is 11.1 Å². The molecule has 7 heteroatoms. The van der Waals surface area contributed by atoms with Crippen molar-refractivity contribution >= 4 is 34.9 Å². The number of benzene rings is 1. The Hall–Kier alpha value is -2.47. The van der Waals surface area contributed by atoms with Crippen LogP contribution in [-0.4, -0.2) is 9.97 Å². The van der Waals surface area contributed by atoms with E-state index in [0.29, 0.717) is 5.56 Å². The van der Waals surface area contributed by atoms with Crippen LogP contribution in [0.1, 0.15) is 0 Å². The molecule has 0 atom stereocenters. The SMILES string of the molecule is Cl.Nc1ccc(-c2c(F)cc(F)c3cccnc23)c(N)n1. The maximum atomic E-state index is 14.2. The number of aromatic nitrogens is 2. The molecule has 0 aliphatic carbocycles. The van der Waals surface area contributed by atoms with E-state index in [2.05, 4.69) is 9.97 Å². The van der Waals surface area contributed by atoms with Gasteiger partial charge in [-0.25, -0.2) is 13.8 Å². The molecule has 21 heavy (non-hydrogen) atoms. The van der Waals surface area contributed by atoms with Crippen LogP contribution in [-0.2, 0) is 0 Å². The Kier molecular flexibility index (Phi) is 3.90. The van der Waals surface area contributed by atoms with Crippen LogP contribution < -0.4 is 11.5 Å². The van der Waals surface area contributed by atoms with Crippen LogP contribution in [0.2, 0.25) is 0 Å². The van der Waals surface area contributed by atoms with Gasteiger partial charge in [-0.3, -0.25) is 4.98 Å². The molecule has 0 aliphatic rings. The third-order valence-electron chi connectivity index (χ3n) is 3.01. The molecular weight excluding hydrogens is 298 g/mol. The van der Waals surface area contributed by atoms with Crippen molar-refractivity contribution in [2.75, 3.05) is 11.5 Å². The van der Waals surface area contributed by atoms with Crippen LogP contribution in [0.4, 0.5) is 20.4 Å². The van der Waals surface area contributed by atoms with Gasteiger partial charge in [0.25, 0.3) is 0 Å². The lowest BCUT2D eigenvalue weighted by atomic mass is 10.0. The maximum absolute atomic E-state index is 14.2. The fraction of sp³-hybridized carbons (Fsp3) is 0. The van der Waals surface area contributed by atoms with Gasteiger partial charge in [-0.05, 0) is 24.3 Å². The molecular formula is C14H11ClF2N4. The number of fused-ring (bicyclic) bond motifs is 1. The van der Waals surface area contributed by atoms with Crippen molar-refractivity contribution in [2.45, 2.75) is 0 Å². The molecule has 0 spiro atoms. The van der Waals surface area contributed by atoms with E-state index in [0.717, 1.165) is 6.07 Å². The topological polar surface area (TPSA) is 77.8 Å². The Morgan fingerprint density at radius 2 is 1.76 bits per heavy atom. The smallest absolute Gasteiger partial charge is 0.136 e. The monoisotopic (exact) mass is 308 g/mol. The second kappa shape index (κ2) is 5.49. The highest BCUT2D eigenvalue weighted by Crippen LogP contribution is 2.34. The van der Waals surface area contributed by atoms with Gasteiger partial charge < -0.3 is 11.5 Å². The van der Waals surface area contributed by atoms with Crippen molar-refractivity contribution in [3.05, 3.63) is 48.2 Å². The van der Waals surface area contributed by atoms with E-state index in [9.17, 15) is 8.78 Å². The molecule has 4 N–H and O–H groups in total. The molecule has 0 unspecified atom stereocenters. The van der Waals surface area contributed by atoms with Gasteiger partial charge in [-0.15, -0.1) is 12.4 Å². The van der Waals surface area contributed by atoms with Gasteiger partial charge >= 0.3 is 0 Å². The summed E-state index contributed by atoms with van der Waals surface area (Å²) in [6, 6.07) is 6.97. The number of halogens is 3. The van der Waals surface area contributed by atoms with E-state index < -0.39 is 11.6 Å². The minimum Gasteiger partial charge on any atom is -0.384 e. The Morgan fingerprint density at radius 1 is 1.00 bits per heavy atom. The van der Waals surface area contributed by atoms with E-state index >= 15 is 0 Å². The van der Waals surface area contributed by atoms with Crippen LogP contribution in [0.15, 0.2) is 36.5 Å². The Morgan fingerprint density at radius 3 is 2.48 bits per heavy atom. The first-order valence-electron chi connectivity index (χ1n) is 5.83. The van der Waals surface area contributed by atoms with E-state index in [1.54, 1.807) is 12.1 Å². The first kappa shape index (κ1) is 14.9. The molecule has 2 heterocycles. The molecule has 3 aromatic rings. The molecule has 0 amide bonds. The van der Waals surface area contributed by atoms with Crippen LogP contribution in [0, 0.1) is 11.6 Å². The number of hydrogen-bond donors (Lipinski definition) is 2. The zero-order valence-electron chi connectivity index (χ0n) is 10.7. The largest absolute Gasteiger partial charge is 0.384 e. The number of nitrogens with two attached hydrogens (primary N) is 2. The van der Waals surface area contributed by atoms with Gasteiger partial charge in [-0.1, -0.05) is 0 Å². The van der Waals surface area contributed by atoms with Crippen LogP contribution in [0.3, 0.4) is 0 Å². The predicted octanol–water partition coefficient (Wildman–Crippen LogP) is 3.16. The normalized spacial score (nSPS) is 10.4. The van der Waals surface area contributed by atoms with Gasteiger partial charge in [0.1, 0.15) is 23.3 Å².